The zero-order chi connectivity index (χ0) is 22.3. The van der Waals surface area contributed by atoms with E-state index < -0.39 is 12.1 Å². The average Bonchev–Trinajstić information content (AvgIpc) is 3.26. The number of rotatable bonds is 9. The fourth-order valence-corrected chi connectivity index (χ4v) is 4.05. The molecule has 0 radical (unpaired) electrons. The monoisotopic (exact) mass is 432 g/mol. The van der Waals surface area contributed by atoms with Crippen molar-refractivity contribution in [1.82, 2.24) is 0 Å². The van der Waals surface area contributed by atoms with Crippen LogP contribution in [-0.2, 0) is 16.0 Å². The molecular formula is C27H28O5. The largest absolute Gasteiger partial charge is 0.490 e. The van der Waals surface area contributed by atoms with Gasteiger partial charge in [0.25, 0.3) is 0 Å². The molecule has 1 fully saturated rings. The van der Waals surface area contributed by atoms with E-state index in [1.54, 1.807) is 0 Å². The van der Waals surface area contributed by atoms with Crippen molar-refractivity contribution in [3.8, 4) is 22.6 Å². The van der Waals surface area contributed by atoms with Gasteiger partial charge in [0.05, 0.1) is 0 Å². The Hall–Kier alpha value is -3.31. The zero-order valence-electron chi connectivity index (χ0n) is 18.1. The highest BCUT2D eigenvalue weighted by Crippen LogP contribution is 2.29. The van der Waals surface area contributed by atoms with Crippen molar-refractivity contribution in [1.29, 1.82) is 0 Å². The summed E-state index contributed by atoms with van der Waals surface area (Å²) in [6.45, 7) is 0. The van der Waals surface area contributed by atoms with E-state index in [9.17, 15) is 4.79 Å². The number of carboxylic acid groups (broad SMARTS) is 1. The Bertz CT molecular complexity index is 998. The van der Waals surface area contributed by atoms with E-state index in [0.717, 1.165) is 36.3 Å². The van der Waals surface area contributed by atoms with E-state index in [1.807, 2.05) is 54.6 Å². The first-order valence-electron chi connectivity index (χ1n) is 10.9. The highest BCUT2D eigenvalue weighted by molar-refractivity contribution is 5.72. The maximum atomic E-state index is 11.1. The molecule has 4 rings (SSSR count). The van der Waals surface area contributed by atoms with Crippen LogP contribution in [-0.4, -0.2) is 36.5 Å². The van der Waals surface area contributed by atoms with Crippen LogP contribution < -0.4 is 9.47 Å². The Balaban J connectivity index is 1.27. The van der Waals surface area contributed by atoms with Crippen LogP contribution in [0, 0.1) is 0 Å². The number of methoxy groups -OCH3 is 1. The Morgan fingerprint density at radius 2 is 1.38 bits per heavy atom. The molecule has 1 aliphatic rings. The molecule has 1 aliphatic carbocycles. The van der Waals surface area contributed by atoms with Gasteiger partial charge in [0, 0.05) is 20.0 Å². The number of ether oxygens (including phenoxy) is 3. The summed E-state index contributed by atoms with van der Waals surface area (Å²) in [5, 5.41) is 9.11. The summed E-state index contributed by atoms with van der Waals surface area (Å²) >= 11 is 0. The third kappa shape index (κ3) is 5.68. The minimum atomic E-state index is -0.959. The van der Waals surface area contributed by atoms with Gasteiger partial charge in [-0.1, -0.05) is 54.6 Å². The predicted octanol–water partition coefficient (Wildman–Crippen LogP) is 5.37. The van der Waals surface area contributed by atoms with Gasteiger partial charge in [-0.05, 0) is 53.8 Å². The fourth-order valence-electron chi connectivity index (χ4n) is 4.05. The normalized spacial score (nSPS) is 18.8. The fraction of sp³-hybridized carbons (Fsp3) is 0.296. The second kappa shape index (κ2) is 10.3. The van der Waals surface area contributed by atoms with Crippen LogP contribution in [0.15, 0.2) is 78.9 Å². The smallest absolute Gasteiger partial charge is 0.333 e. The lowest BCUT2D eigenvalue weighted by molar-refractivity contribution is -0.148. The topological polar surface area (TPSA) is 65.0 Å². The van der Waals surface area contributed by atoms with Gasteiger partial charge in [-0.25, -0.2) is 4.79 Å². The maximum Gasteiger partial charge on any atom is 0.333 e. The molecule has 3 aromatic carbocycles. The first kappa shape index (κ1) is 21.9. The molecule has 32 heavy (non-hydrogen) atoms. The maximum absolute atomic E-state index is 11.1. The molecule has 3 atom stereocenters. The summed E-state index contributed by atoms with van der Waals surface area (Å²) in [6, 6.07) is 26.1. The van der Waals surface area contributed by atoms with Crippen LogP contribution in [0.2, 0.25) is 0 Å². The van der Waals surface area contributed by atoms with Gasteiger partial charge in [0.15, 0.2) is 6.10 Å². The van der Waals surface area contributed by atoms with Crippen LogP contribution in [0.1, 0.15) is 24.8 Å². The molecule has 0 unspecified atom stereocenters. The minimum absolute atomic E-state index is 0.111. The van der Waals surface area contributed by atoms with Crippen molar-refractivity contribution in [3.05, 3.63) is 84.4 Å². The predicted molar refractivity (Wildman–Crippen MR) is 123 cm³/mol. The molecule has 5 nitrogen and oxygen atoms in total. The van der Waals surface area contributed by atoms with E-state index >= 15 is 0 Å². The molecule has 5 heteroatoms. The number of carbonyl (C=O) groups is 1. The molecule has 0 amide bonds. The molecule has 0 bridgehead atoms. The molecule has 0 saturated heterocycles. The van der Waals surface area contributed by atoms with Gasteiger partial charge < -0.3 is 19.3 Å². The van der Waals surface area contributed by atoms with Crippen molar-refractivity contribution in [3.63, 3.8) is 0 Å². The van der Waals surface area contributed by atoms with Gasteiger partial charge in [-0.2, -0.15) is 0 Å². The summed E-state index contributed by atoms with van der Waals surface area (Å²) in [5.74, 6) is 0.709. The lowest BCUT2D eigenvalue weighted by Gasteiger charge is -2.16. The molecule has 166 valence electrons. The number of aliphatic carboxylic acids is 1. The summed E-state index contributed by atoms with van der Waals surface area (Å²) in [4.78, 5) is 11.1. The quantitative estimate of drug-likeness (QED) is 0.492. The zero-order valence-corrected chi connectivity index (χ0v) is 18.1. The molecule has 3 aromatic rings. The van der Waals surface area contributed by atoms with Crippen molar-refractivity contribution < 1.29 is 24.1 Å². The molecule has 0 aliphatic heterocycles. The second-order valence-electron chi connectivity index (χ2n) is 8.09. The van der Waals surface area contributed by atoms with E-state index in [0.29, 0.717) is 6.42 Å². The highest BCUT2D eigenvalue weighted by Gasteiger charge is 2.27. The van der Waals surface area contributed by atoms with E-state index in [1.165, 1.54) is 18.2 Å². The van der Waals surface area contributed by atoms with Crippen molar-refractivity contribution in [2.45, 2.75) is 44.0 Å². The molecular weight excluding hydrogens is 404 g/mol. The first-order chi connectivity index (χ1) is 15.6. The molecule has 1 N–H and O–H groups in total. The van der Waals surface area contributed by atoms with Gasteiger partial charge in [0.1, 0.15) is 23.7 Å². The summed E-state index contributed by atoms with van der Waals surface area (Å²) in [5.41, 5.74) is 3.27. The number of benzene rings is 3. The lowest BCUT2D eigenvalue weighted by Crippen LogP contribution is -2.24. The summed E-state index contributed by atoms with van der Waals surface area (Å²) in [7, 11) is 1.41. The van der Waals surface area contributed by atoms with Crippen LogP contribution in [0.5, 0.6) is 11.5 Å². The Kier molecular flexibility index (Phi) is 7.07. The average molecular weight is 433 g/mol. The van der Waals surface area contributed by atoms with E-state index in [4.69, 9.17) is 19.3 Å². The summed E-state index contributed by atoms with van der Waals surface area (Å²) in [6.07, 6.45) is 2.48. The highest BCUT2D eigenvalue weighted by atomic mass is 16.5. The van der Waals surface area contributed by atoms with E-state index in [2.05, 4.69) is 24.3 Å². The van der Waals surface area contributed by atoms with Gasteiger partial charge >= 0.3 is 5.97 Å². The molecule has 1 saturated carbocycles. The molecule has 0 heterocycles. The van der Waals surface area contributed by atoms with Crippen LogP contribution >= 0.6 is 0 Å². The first-order valence-corrected chi connectivity index (χ1v) is 10.9. The van der Waals surface area contributed by atoms with Crippen molar-refractivity contribution in [2.75, 3.05) is 7.11 Å². The minimum Gasteiger partial charge on any atom is -0.490 e. The van der Waals surface area contributed by atoms with Crippen molar-refractivity contribution >= 4 is 5.97 Å². The van der Waals surface area contributed by atoms with Crippen molar-refractivity contribution in [2.24, 2.45) is 0 Å². The van der Waals surface area contributed by atoms with Gasteiger partial charge in [-0.3, -0.25) is 0 Å². The molecule has 0 aromatic heterocycles. The van der Waals surface area contributed by atoms with Crippen LogP contribution in [0.3, 0.4) is 0 Å². The summed E-state index contributed by atoms with van der Waals surface area (Å²) < 4.78 is 17.3. The number of carboxylic acids is 1. The third-order valence-electron chi connectivity index (χ3n) is 5.81. The van der Waals surface area contributed by atoms with Gasteiger partial charge in [0.2, 0.25) is 0 Å². The SMILES string of the molecule is CO[C@@H](Cc1ccc(O[C@H]2CC[C@@H](Oc3ccc(-c4ccccc4)cc3)C2)cc1)C(=O)O. The Morgan fingerprint density at radius 3 is 1.91 bits per heavy atom. The van der Waals surface area contributed by atoms with E-state index in [-0.39, 0.29) is 12.2 Å². The standard InChI is InChI=1S/C27H28O5/c1-30-26(27(28)29)17-19-7-11-22(12-8-19)31-24-15-16-25(18-24)32-23-13-9-21(10-14-23)20-5-3-2-4-6-20/h2-14,24-26H,15-18H2,1H3,(H,28,29)/t24-,25+,26-/m0/s1. The number of hydrogen-bond acceptors (Lipinski definition) is 4. The van der Waals surface area contributed by atoms with Crippen LogP contribution in [0.25, 0.3) is 11.1 Å². The Labute approximate surface area is 188 Å². The number of hydrogen-bond donors (Lipinski definition) is 1. The third-order valence-corrected chi connectivity index (χ3v) is 5.81. The van der Waals surface area contributed by atoms with Crippen LogP contribution in [0.4, 0.5) is 0 Å². The Morgan fingerprint density at radius 1 is 0.844 bits per heavy atom. The van der Waals surface area contributed by atoms with Gasteiger partial charge in [-0.15, -0.1) is 0 Å². The second-order valence-corrected chi connectivity index (χ2v) is 8.09. The molecule has 0 spiro atoms. The lowest BCUT2D eigenvalue weighted by atomic mass is 10.1.